The first-order valence-electron chi connectivity index (χ1n) is 6.02. The third-order valence-corrected chi connectivity index (χ3v) is 3.46. The van der Waals surface area contributed by atoms with E-state index in [2.05, 4.69) is 14.7 Å². The summed E-state index contributed by atoms with van der Waals surface area (Å²) in [5.41, 5.74) is 0.421. The van der Waals surface area contributed by atoms with Crippen molar-refractivity contribution in [2.75, 3.05) is 13.4 Å². The van der Waals surface area contributed by atoms with Crippen LogP contribution in [-0.2, 0) is 4.74 Å². The van der Waals surface area contributed by atoms with E-state index in [0.717, 1.165) is 0 Å². The van der Waals surface area contributed by atoms with Gasteiger partial charge in [0.15, 0.2) is 5.16 Å². The zero-order chi connectivity index (χ0) is 16.1. The quantitative estimate of drug-likeness (QED) is 0.279. The van der Waals surface area contributed by atoms with Crippen LogP contribution in [0.4, 0.5) is 0 Å². The van der Waals surface area contributed by atoms with Crippen molar-refractivity contribution < 1.29 is 19.1 Å². The number of benzene rings is 1. The highest BCUT2D eigenvalue weighted by atomic mass is 35.5. The van der Waals surface area contributed by atoms with Crippen molar-refractivity contribution in [3.63, 3.8) is 0 Å². The minimum atomic E-state index is -0.677. The van der Waals surface area contributed by atoms with Crippen LogP contribution >= 0.6 is 23.4 Å². The van der Waals surface area contributed by atoms with Gasteiger partial charge in [-0.1, -0.05) is 23.4 Å². The van der Waals surface area contributed by atoms with E-state index in [1.165, 1.54) is 49.3 Å². The number of carbonyl (C=O) groups excluding carboxylic acids is 2. The fourth-order valence-corrected chi connectivity index (χ4v) is 2.12. The van der Waals surface area contributed by atoms with E-state index in [-0.39, 0.29) is 16.5 Å². The lowest BCUT2D eigenvalue weighted by molar-refractivity contribution is 0.0600. The average molecular weight is 339 g/mol. The molecule has 2 rings (SSSR count). The molecule has 0 aliphatic rings. The number of halogens is 1. The first kappa shape index (κ1) is 16.3. The Labute approximate surface area is 135 Å². The number of carbonyl (C=O) groups is 2. The number of methoxy groups -OCH3 is 1. The van der Waals surface area contributed by atoms with Gasteiger partial charge in [0.2, 0.25) is 0 Å². The minimum Gasteiger partial charge on any atom is -0.465 e. The zero-order valence-corrected chi connectivity index (χ0v) is 13.3. The Morgan fingerprint density at radius 1 is 1.18 bits per heavy atom. The van der Waals surface area contributed by atoms with Gasteiger partial charge in [0, 0.05) is 6.20 Å². The topological polar surface area (TPSA) is 78.4 Å². The van der Waals surface area contributed by atoms with E-state index in [1.54, 1.807) is 6.26 Å². The smallest absolute Gasteiger partial charge is 0.348 e. The van der Waals surface area contributed by atoms with Crippen molar-refractivity contribution >= 4 is 35.3 Å². The van der Waals surface area contributed by atoms with Gasteiger partial charge < -0.3 is 9.47 Å². The maximum Gasteiger partial charge on any atom is 0.348 e. The van der Waals surface area contributed by atoms with E-state index < -0.39 is 11.9 Å². The van der Waals surface area contributed by atoms with Crippen molar-refractivity contribution in [2.24, 2.45) is 0 Å². The van der Waals surface area contributed by atoms with Gasteiger partial charge >= 0.3 is 11.9 Å². The predicted octanol–water partition coefficient (Wildman–Crippen LogP) is 2.86. The van der Waals surface area contributed by atoms with Crippen molar-refractivity contribution in [1.29, 1.82) is 0 Å². The number of hydrogen-bond donors (Lipinski definition) is 0. The summed E-state index contributed by atoms with van der Waals surface area (Å²) in [4.78, 5) is 31.3. The number of rotatable bonds is 4. The molecule has 0 fully saturated rings. The highest BCUT2D eigenvalue weighted by Crippen LogP contribution is 2.19. The van der Waals surface area contributed by atoms with Gasteiger partial charge in [0.1, 0.15) is 16.5 Å². The highest BCUT2D eigenvalue weighted by Gasteiger charge is 2.16. The van der Waals surface area contributed by atoms with Crippen LogP contribution < -0.4 is 4.74 Å². The molecule has 1 aromatic heterocycles. The Hall–Kier alpha value is -2.12. The maximum atomic E-state index is 12.0. The third kappa shape index (κ3) is 3.75. The van der Waals surface area contributed by atoms with Crippen molar-refractivity contribution in [3.05, 3.63) is 46.7 Å². The van der Waals surface area contributed by atoms with Crippen LogP contribution in [0.3, 0.4) is 0 Å². The average Bonchev–Trinajstić information content (AvgIpc) is 2.54. The molecule has 0 N–H and O–H groups in total. The normalized spacial score (nSPS) is 10.1. The second kappa shape index (κ2) is 7.24. The van der Waals surface area contributed by atoms with Gasteiger partial charge in [-0.2, -0.15) is 0 Å². The lowest BCUT2D eigenvalue weighted by atomic mass is 10.2. The molecule has 1 heterocycles. The highest BCUT2D eigenvalue weighted by molar-refractivity contribution is 7.98. The van der Waals surface area contributed by atoms with E-state index >= 15 is 0 Å². The Kier molecular flexibility index (Phi) is 5.35. The lowest BCUT2D eigenvalue weighted by Gasteiger charge is -2.06. The van der Waals surface area contributed by atoms with Gasteiger partial charge in [0.05, 0.1) is 12.7 Å². The van der Waals surface area contributed by atoms with Gasteiger partial charge in [0.25, 0.3) is 0 Å². The molecule has 0 atom stereocenters. The molecule has 0 aliphatic heterocycles. The Bertz CT molecular complexity index is 706. The van der Waals surface area contributed by atoms with Crippen LogP contribution in [-0.4, -0.2) is 35.3 Å². The lowest BCUT2D eigenvalue weighted by Crippen LogP contribution is -2.11. The molecule has 0 spiro atoms. The Morgan fingerprint density at radius 3 is 2.41 bits per heavy atom. The summed E-state index contributed by atoms with van der Waals surface area (Å²) in [6, 6.07) is 5.94. The van der Waals surface area contributed by atoms with E-state index in [0.29, 0.717) is 10.7 Å². The van der Waals surface area contributed by atoms with E-state index in [1.807, 2.05) is 0 Å². The molecule has 0 unspecified atom stereocenters. The number of aromatic nitrogens is 2. The Morgan fingerprint density at radius 2 is 1.86 bits per heavy atom. The van der Waals surface area contributed by atoms with Crippen LogP contribution in [0.5, 0.6) is 5.75 Å². The number of esters is 2. The molecule has 6 nitrogen and oxygen atoms in total. The SMILES string of the molecule is COC(=O)c1ccc(OC(=O)c2cnc(SC)nc2Cl)cc1. The first-order chi connectivity index (χ1) is 10.5. The van der Waals surface area contributed by atoms with Crippen LogP contribution in [0.15, 0.2) is 35.6 Å². The van der Waals surface area contributed by atoms with Gasteiger partial charge in [-0.3, -0.25) is 0 Å². The number of nitrogens with zero attached hydrogens (tertiary/aromatic N) is 2. The molecule has 22 heavy (non-hydrogen) atoms. The second-order valence-corrected chi connectivity index (χ2v) is 5.10. The van der Waals surface area contributed by atoms with Crippen LogP contribution in [0, 0.1) is 0 Å². The molecule has 0 saturated carbocycles. The van der Waals surface area contributed by atoms with E-state index in [4.69, 9.17) is 16.3 Å². The molecule has 0 amide bonds. The zero-order valence-electron chi connectivity index (χ0n) is 11.7. The third-order valence-electron chi connectivity index (χ3n) is 2.61. The van der Waals surface area contributed by atoms with Gasteiger partial charge in [-0.25, -0.2) is 19.6 Å². The summed E-state index contributed by atoms with van der Waals surface area (Å²) in [6.07, 6.45) is 3.11. The molecule has 0 aliphatic carbocycles. The first-order valence-corrected chi connectivity index (χ1v) is 7.62. The Balaban J connectivity index is 2.13. The summed E-state index contributed by atoms with van der Waals surface area (Å²) in [5.74, 6) is -0.881. The summed E-state index contributed by atoms with van der Waals surface area (Å²) in [7, 11) is 1.29. The second-order valence-electron chi connectivity index (χ2n) is 3.97. The number of thioether (sulfide) groups is 1. The molecular formula is C14H11ClN2O4S. The van der Waals surface area contributed by atoms with Crippen molar-refractivity contribution in [1.82, 2.24) is 9.97 Å². The summed E-state index contributed by atoms with van der Waals surface area (Å²) in [6.45, 7) is 0. The number of hydrogen-bond acceptors (Lipinski definition) is 7. The fourth-order valence-electron chi connectivity index (χ4n) is 1.52. The molecule has 0 radical (unpaired) electrons. The predicted molar refractivity (Wildman–Crippen MR) is 81.6 cm³/mol. The van der Waals surface area contributed by atoms with E-state index in [9.17, 15) is 9.59 Å². The molecule has 8 heteroatoms. The summed E-state index contributed by atoms with van der Waals surface area (Å²) >= 11 is 7.24. The molecule has 114 valence electrons. The van der Waals surface area contributed by atoms with Crippen LogP contribution in [0.25, 0.3) is 0 Å². The molecule has 1 aromatic carbocycles. The molecule has 2 aromatic rings. The molecular weight excluding hydrogens is 328 g/mol. The number of ether oxygens (including phenoxy) is 2. The van der Waals surface area contributed by atoms with Crippen molar-refractivity contribution in [2.45, 2.75) is 5.16 Å². The molecule has 0 bridgehead atoms. The summed E-state index contributed by atoms with van der Waals surface area (Å²) < 4.78 is 9.74. The van der Waals surface area contributed by atoms with Gasteiger partial charge in [-0.05, 0) is 30.5 Å². The fraction of sp³-hybridized carbons (Fsp3) is 0.143. The standard InChI is InChI=1S/C14H11ClN2O4S/c1-20-12(18)8-3-5-9(6-4-8)21-13(19)10-7-16-14(22-2)17-11(10)15/h3-7H,1-2H3. The minimum absolute atomic E-state index is 0.0236. The monoisotopic (exact) mass is 338 g/mol. The maximum absolute atomic E-state index is 12.0. The van der Waals surface area contributed by atoms with Gasteiger partial charge in [-0.15, -0.1) is 0 Å². The summed E-state index contributed by atoms with van der Waals surface area (Å²) in [5, 5.41) is 0.486. The largest absolute Gasteiger partial charge is 0.465 e. The van der Waals surface area contributed by atoms with Crippen LogP contribution in [0.2, 0.25) is 5.15 Å². The molecule has 0 saturated heterocycles. The van der Waals surface area contributed by atoms with Crippen molar-refractivity contribution in [3.8, 4) is 5.75 Å². The van der Waals surface area contributed by atoms with Crippen LogP contribution in [0.1, 0.15) is 20.7 Å².